The lowest BCUT2D eigenvalue weighted by atomic mass is 9.91. The van der Waals surface area contributed by atoms with Crippen molar-refractivity contribution in [2.24, 2.45) is 0 Å². The third kappa shape index (κ3) is 6.82. The Morgan fingerprint density at radius 1 is 0.224 bits per heavy atom. The van der Waals surface area contributed by atoms with E-state index in [2.05, 4.69) is 176 Å². The van der Waals surface area contributed by atoms with Crippen molar-refractivity contribution in [1.29, 1.82) is 0 Å². The molecule has 0 aliphatic rings. The summed E-state index contributed by atoms with van der Waals surface area (Å²) in [6, 6.07) is 83.7. The molecule has 0 bridgehead atoms. The van der Waals surface area contributed by atoms with Crippen LogP contribution in [0.15, 0.2) is 241 Å². The van der Waals surface area contributed by atoms with Gasteiger partial charge in [-0.25, -0.2) is 15.0 Å². The highest BCUT2D eigenvalue weighted by Crippen LogP contribution is 2.41. The minimum absolute atomic E-state index is 0.633. The van der Waals surface area contributed by atoms with Gasteiger partial charge in [-0.2, -0.15) is 0 Å². The van der Waals surface area contributed by atoms with Gasteiger partial charge >= 0.3 is 0 Å². The number of hydrogen-bond donors (Lipinski definition) is 0. The van der Waals surface area contributed by atoms with Crippen LogP contribution in [-0.4, -0.2) is 15.0 Å². The maximum absolute atomic E-state index is 6.53. The van der Waals surface area contributed by atoms with Gasteiger partial charge in [-0.05, 0) is 113 Å². The molecule has 0 amide bonds. The largest absolute Gasteiger partial charge is 0.456 e. The molecule has 13 aromatic rings. The average molecular weight is 854 g/mol. The van der Waals surface area contributed by atoms with Crippen LogP contribution in [0.3, 0.4) is 0 Å². The summed E-state index contributed by atoms with van der Waals surface area (Å²) in [5, 5.41) is 9.87. The molecule has 0 radical (unpaired) electrons. The van der Waals surface area contributed by atoms with Gasteiger partial charge in [0.1, 0.15) is 11.2 Å². The first kappa shape index (κ1) is 38.5. The van der Waals surface area contributed by atoms with E-state index in [1.54, 1.807) is 0 Å². The predicted octanol–water partition coefficient (Wildman–Crippen LogP) is 16.9. The SMILES string of the molecule is c1ccc(-c2nc(-c3ccccc3)nc(-c3ccc(-c4cccc(-c5cccc6oc7ccc(-c8cccc(-c9ccc%10c%11ccccc%11c%11ccccc%11c%10c9)c8)cc7c56)c4)cc3)n2)cc1. The summed E-state index contributed by atoms with van der Waals surface area (Å²) in [5.74, 6) is 1.92. The van der Waals surface area contributed by atoms with Gasteiger partial charge in [0.05, 0.1) is 0 Å². The van der Waals surface area contributed by atoms with Gasteiger partial charge in [0.2, 0.25) is 0 Å². The summed E-state index contributed by atoms with van der Waals surface area (Å²) in [7, 11) is 0. The monoisotopic (exact) mass is 853 g/mol. The van der Waals surface area contributed by atoms with Gasteiger partial charge < -0.3 is 4.42 Å². The van der Waals surface area contributed by atoms with Crippen LogP contribution in [0.25, 0.3) is 133 Å². The summed E-state index contributed by atoms with van der Waals surface area (Å²) in [6.45, 7) is 0. The lowest BCUT2D eigenvalue weighted by molar-refractivity contribution is 0.669. The highest BCUT2D eigenvalue weighted by Gasteiger charge is 2.17. The molecule has 0 unspecified atom stereocenters. The molecule has 0 N–H and O–H groups in total. The second-order valence-corrected chi connectivity index (χ2v) is 17.1. The number of rotatable bonds is 7. The van der Waals surface area contributed by atoms with Crippen molar-refractivity contribution in [3.8, 4) is 78.7 Å². The zero-order valence-electron chi connectivity index (χ0n) is 36.3. The molecule has 2 aromatic heterocycles. The van der Waals surface area contributed by atoms with E-state index in [0.29, 0.717) is 17.5 Å². The van der Waals surface area contributed by atoms with E-state index >= 15 is 0 Å². The first-order valence-corrected chi connectivity index (χ1v) is 22.7. The molecule has 67 heavy (non-hydrogen) atoms. The van der Waals surface area contributed by atoms with Crippen LogP contribution in [-0.2, 0) is 0 Å². The lowest BCUT2D eigenvalue weighted by Gasteiger charge is -2.12. The number of benzene rings is 11. The molecular weight excluding hydrogens is 815 g/mol. The van der Waals surface area contributed by atoms with Crippen LogP contribution in [0.5, 0.6) is 0 Å². The van der Waals surface area contributed by atoms with Crippen LogP contribution >= 0.6 is 0 Å². The van der Waals surface area contributed by atoms with E-state index in [0.717, 1.165) is 72.0 Å². The number of hydrogen-bond acceptors (Lipinski definition) is 4. The topological polar surface area (TPSA) is 51.8 Å². The minimum Gasteiger partial charge on any atom is -0.456 e. The number of fused-ring (bicyclic) bond motifs is 9. The fraction of sp³-hybridized carbons (Fsp3) is 0. The third-order valence-corrected chi connectivity index (χ3v) is 13.1. The van der Waals surface area contributed by atoms with Crippen molar-refractivity contribution in [2.45, 2.75) is 0 Å². The van der Waals surface area contributed by atoms with E-state index in [9.17, 15) is 0 Å². The molecule has 2 heterocycles. The molecule has 0 aliphatic heterocycles. The fourth-order valence-electron chi connectivity index (χ4n) is 9.83. The molecular formula is C63H39N3O. The summed E-state index contributed by atoms with van der Waals surface area (Å²) in [5.41, 5.74) is 13.7. The zero-order chi connectivity index (χ0) is 44.3. The van der Waals surface area contributed by atoms with Gasteiger partial charge in [0.15, 0.2) is 17.5 Å². The molecule has 0 aliphatic carbocycles. The fourth-order valence-corrected chi connectivity index (χ4v) is 9.83. The highest BCUT2D eigenvalue weighted by atomic mass is 16.3. The van der Waals surface area contributed by atoms with E-state index in [4.69, 9.17) is 19.4 Å². The highest BCUT2D eigenvalue weighted by molar-refractivity contribution is 6.25. The van der Waals surface area contributed by atoms with Crippen LogP contribution in [0.1, 0.15) is 0 Å². The predicted molar refractivity (Wildman–Crippen MR) is 278 cm³/mol. The number of nitrogens with zero attached hydrogens (tertiary/aromatic N) is 3. The molecule has 13 rings (SSSR count). The van der Waals surface area contributed by atoms with Crippen LogP contribution in [0, 0.1) is 0 Å². The van der Waals surface area contributed by atoms with Crippen molar-refractivity contribution in [3.63, 3.8) is 0 Å². The van der Waals surface area contributed by atoms with Crippen molar-refractivity contribution in [2.75, 3.05) is 0 Å². The van der Waals surface area contributed by atoms with Crippen molar-refractivity contribution < 1.29 is 4.42 Å². The minimum atomic E-state index is 0.633. The Bertz CT molecular complexity index is 3930. The Morgan fingerprint density at radius 2 is 0.612 bits per heavy atom. The first-order chi connectivity index (χ1) is 33.2. The van der Waals surface area contributed by atoms with Gasteiger partial charge in [-0.3, -0.25) is 0 Å². The smallest absolute Gasteiger partial charge is 0.164 e. The normalized spacial score (nSPS) is 11.6. The molecule has 0 saturated heterocycles. The maximum atomic E-state index is 6.53. The van der Waals surface area contributed by atoms with Gasteiger partial charge in [0.25, 0.3) is 0 Å². The second-order valence-electron chi connectivity index (χ2n) is 17.1. The molecule has 312 valence electrons. The van der Waals surface area contributed by atoms with E-state index < -0.39 is 0 Å². The quantitative estimate of drug-likeness (QED) is 0.150. The van der Waals surface area contributed by atoms with Crippen LogP contribution in [0.4, 0.5) is 0 Å². The Hall–Kier alpha value is -8.99. The molecule has 0 atom stereocenters. The summed E-state index contributed by atoms with van der Waals surface area (Å²) < 4.78 is 6.53. The average Bonchev–Trinajstić information content (AvgIpc) is 3.80. The number of furan rings is 1. The van der Waals surface area contributed by atoms with Crippen molar-refractivity contribution >= 4 is 54.3 Å². The molecule has 0 saturated carbocycles. The maximum Gasteiger partial charge on any atom is 0.164 e. The van der Waals surface area contributed by atoms with Gasteiger partial charge in [-0.1, -0.05) is 200 Å². The lowest BCUT2D eigenvalue weighted by Crippen LogP contribution is -2.00. The Morgan fingerprint density at radius 3 is 1.21 bits per heavy atom. The van der Waals surface area contributed by atoms with Gasteiger partial charge in [-0.15, -0.1) is 0 Å². The molecule has 4 heteroatoms. The molecule has 4 nitrogen and oxygen atoms in total. The molecule has 0 fully saturated rings. The van der Waals surface area contributed by atoms with Crippen LogP contribution in [0.2, 0.25) is 0 Å². The zero-order valence-corrected chi connectivity index (χ0v) is 36.3. The molecule has 0 spiro atoms. The first-order valence-electron chi connectivity index (χ1n) is 22.7. The Kier molecular flexibility index (Phi) is 9.14. The third-order valence-electron chi connectivity index (χ3n) is 13.1. The van der Waals surface area contributed by atoms with E-state index in [1.807, 2.05) is 60.7 Å². The Balaban J connectivity index is 0.845. The van der Waals surface area contributed by atoms with Crippen molar-refractivity contribution in [1.82, 2.24) is 15.0 Å². The molecule has 11 aromatic carbocycles. The standard InChI is InChI=1S/C63H39N3O/c1-3-14-41(15-4-1)61-64-62(42-16-5-2-6-17-42)66-63(65-61)43-30-28-40(29-31-43)44-18-12-21-49(37-44)50-26-13-27-59-60(50)57-39-48(33-35-58(57)67-59)46-20-11-19-45(36-46)47-32-34-55-53-24-8-7-22-51(53)52-23-9-10-25-54(52)56(55)38-47/h1-39H. The summed E-state index contributed by atoms with van der Waals surface area (Å²) in [6.07, 6.45) is 0. The Labute approximate surface area is 387 Å². The summed E-state index contributed by atoms with van der Waals surface area (Å²) in [4.78, 5) is 14.8. The van der Waals surface area contributed by atoms with E-state index in [1.165, 1.54) is 43.4 Å². The van der Waals surface area contributed by atoms with Crippen molar-refractivity contribution in [3.05, 3.63) is 237 Å². The second kappa shape index (κ2) is 15.9. The number of aromatic nitrogens is 3. The summed E-state index contributed by atoms with van der Waals surface area (Å²) >= 11 is 0. The van der Waals surface area contributed by atoms with Crippen LogP contribution < -0.4 is 0 Å². The van der Waals surface area contributed by atoms with E-state index in [-0.39, 0.29) is 0 Å². The van der Waals surface area contributed by atoms with Gasteiger partial charge in [0, 0.05) is 27.5 Å².